The van der Waals surface area contributed by atoms with Gasteiger partial charge in [-0.25, -0.2) is 0 Å². The van der Waals surface area contributed by atoms with Crippen LogP contribution in [-0.4, -0.2) is 0 Å². The van der Waals surface area contributed by atoms with Gasteiger partial charge in [0.2, 0.25) is 0 Å². The van der Waals surface area contributed by atoms with Gasteiger partial charge in [-0.3, -0.25) is 0 Å². The zero-order chi connectivity index (χ0) is 74.4. The van der Waals surface area contributed by atoms with Gasteiger partial charge < -0.3 is 27.5 Å². The van der Waals surface area contributed by atoms with Crippen LogP contribution in [0.25, 0.3) is 87.8 Å². The van der Waals surface area contributed by atoms with Gasteiger partial charge in [-0.2, -0.15) is 0 Å². The molecule has 12 aromatic carbocycles. The summed E-state index contributed by atoms with van der Waals surface area (Å²) in [5.74, 6) is 0. The number of para-hydroxylation sites is 2. The monoisotopic (exact) mass is 1480 g/mol. The highest BCUT2D eigenvalue weighted by molar-refractivity contribution is 9.10. The molecule has 8 heteroatoms. The summed E-state index contributed by atoms with van der Waals surface area (Å²) in [4.78, 5) is 4.66. The second-order valence-corrected chi connectivity index (χ2v) is 35.8. The van der Waals surface area contributed by atoms with E-state index in [0.29, 0.717) is 5.02 Å². The number of halogens is 2. The van der Waals surface area contributed by atoms with Crippen LogP contribution in [0.2, 0.25) is 5.02 Å². The average molecular weight is 1490 g/mol. The molecule has 0 spiro atoms. The number of rotatable bonds is 8. The van der Waals surface area contributed by atoms with Gasteiger partial charge >= 0.3 is 0 Å². The maximum absolute atomic E-state index is 7.06. The molecule has 0 amide bonds. The van der Waals surface area contributed by atoms with Gasteiger partial charge in [0.05, 0.1) is 10.2 Å². The van der Waals surface area contributed by atoms with E-state index in [0.717, 1.165) is 133 Å². The molecule has 106 heavy (non-hydrogen) atoms. The Morgan fingerprint density at radius 1 is 0.283 bits per heavy atom. The molecule has 0 saturated carbocycles. The zero-order valence-corrected chi connectivity index (χ0v) is 66.4. The molecule has 16 aromatic rings. The summed E-state index contributed by atoms with van der Waals surface area (Å²) in [5, 5.41) is 9.14. The average Bonchev–Trinajstić information content (AvgIpc) is 1.56. The van der Waals surface area contributed by atoms with Crippen LogP contribution in [0.3, 0.4) is 0 Å². The number of anilines is 6. The molecular formula is C98H100BrClN2O4. The van der Waals surface area contributed by atoms with Crippen molar-refractivity contribution < 1.29 is 17.7 Å². The molecule has 0 aliphatic heterocycles. The Morgan fingerprint density at radius 3 is 0.991 bits per heavy atom. The summed E-state index contributed by atoms with van der Waals surface area (Å²) < 4.78 is 26.9. The zero-order valence-electron chi connectivity index (χ0n) is 64.1. The molecule has 0 atom stereocenters. The van der Waals surface area contributed by atoms with E-state index < -0.39 is 0 Å². The summed E-state index contributed by atoms with van der Waals surface area (Å²) in [6, 6.07) is 87.0. The Kier molecular flexibility index (Phi) is 19.8. The van der Waals surface area contributed by atoms with Crippen molar-refractivity contribution in [1.29, 1.82) is 0 Å². The molecule has 0 bridgehead atoms. The van der Waals surface area contributed by atoms with Crippen LogP contribution >= 0.6 is 27.5 Å². The minimum atomic E-state index is 0. The van der Waals surface area contributed by atoms with Crippen LogP contribution in [0, 0.1) is 0 Å². The molecule has 540 valence electrons. The van der Waals surface area contributed by atoms with Gasteiger partial charge in [-0.05, 0) is 190 Å². The molecular weight excluding hydrogens is 1380 g/mol. The van der Waals surface area contributed by atoms with Gasteiger partial charge in [0.15, 0.2) is 5.58 Å². The number of hydrogen-bond donors (Lipinski definition) is 0. The molecule has 0 unspecified atom stereocenters. The van der Waals surface area contributed by atoms with Gasteiger partial charge in [-0.15, -0.1) is 0 Å². The lowest BCUT2D eigenvalue weighted by Gasteiger charge is -2.28. The minimum absolute atomic E-state index is 0. The van der Waals surface area contributed by atoms with Gasteiger partial charge in [0.1, 0.15) is 39.1 Å². The van der Waals surface area contributed by atoms with E-state index in [-0.39, 0.29) is 39.9 Å². The first-order chi connectivity index (χ1) is 49.6. The van der Waals surface area contributed by atoms with E-state index in [1.54, 1.807) is 0 Å². The van der Waals surface area contributed by atoms with Gasteiger partial charge in [-0.1, -0.05) is 277 Å². The molecule has 16 rings (SSSR count). The Morgan fingerprint density at radius 2 is 0.594 bits per heavy atom. The molecule has 6 nitrogen and oxygen atoms in total. The lowest BCUT2D eigenvalue weighted by atomic mass is 9.85. The van der Waals surface area contributed by atoms with E-state index in [1.165, 1.54) is 44.5 Å². The molecule has 0 radical (unpaired) electrons. The third kappa shape index (κ3) is 14.9. The smallest absolute Gasteiger partial charge is 0.160 e. The fraction of sp³-hybridized carbons (Fsp3) is 0.265. The van der Waals surface area contributed by atoms with E-state index in [1.807, 2.05) is 48.5 Å². The van der Waals surface area contributed by atoms with Crippen molar-refractivity contribution in [1.82, 2.24) is 0 Å². The number of hydrogen-bond acceptors (Lipinski definition) is 6. The van der Waals surface area contributed by atoms with Gasteiger partial charge in [0.25, 0.3) is 0 Å². The SMILES string of the molecule is C.CC(C)(C)c1ccc(Cc2ccc(C(C)(C)C)cc2)cc1.CC(C)(C)c1ccc(N(c2ccc(C(C)(C)C)cc2)c2ccc3c(c2)oc2cc(N(c4ccc(C(C)(C)C)cc4)c4ccc(C(C)(C)C)cc4)c4oc5ccccc5c4c23)cc1.Clc1ccc2c(c1)oc1cc(Br)c3oc4ccccc4c3c12. The van der Waals surface area contributed by atoms with E-state index in [9.17, 15) is 0 Å². The second kappa shape index (κ2) is 28.2. The third-order valence-corrected chi connectivity index (χ3v) is 21.4. The summed E-state index contributed by atoms with van der Waals surface area (Å²) >= 11 is 9.67. The number of nitrogens with zero attached hydrogens (tertiary/aromatic N) is 2. The predicted octanol–water partition coefficient (Wildman–Crippen LogP) is 31.0. The van der Waals surface area contributed by atoms with Crippen molar-refractivity contribution in [3.05, 3.63) is 297 Å². The first-order valence-corrected chi connectivity index (χ1v) is 37.9. The molecule has 4 aromatic heterocycles. The van der Waals surface area contributed by atoms with E-state index >= 15 is 0 Å². The van der Waals surface area contributed by atoms with Crippen LogP contribution in [0.15, 0.2) is 265 Å². The molecule has 0 aliphatic rings. The fourth-order valence-electron chi connectivity index (χ4n) is 14.3. The molecule has 0 aliphatic carbocycles. The lowest BCUT2D eigenvalue weighted by Crippen LogP contribution is -2.14. The molecule has 0 fully saturated rings. The number of fused-ring (bicyclic) bond motifs is 14. The number of benzene rings is 12. The quantitative estimate of drug-likeness (QED) is 0.151. The maximum atomic E-state index is 7.06. The van der Waals surface area contributed by atoms with Gasteiger partial charge in [0, 0.05) is 94.7 Å². The highest BCUT2D eigenvalue weighted by atomic mass is 79.9. The third-order valence-electron chi connectivity index (χ3n) is 20.6. The highest BCUT2D eigenvalue weighted by Crippen LogP contribution is 2.51. The largest absolute Gasteiger partial charge is 0.456 e. The van der Waals surface area contributed by atoms with Crippen molar-refractivity contribution in [2.75, 3.05) is 9.80 Å². The second-order valence-electron chi connectivity index (χ2n) is 34.6. The van der Waals surface area contributed by atoms with E-state index in [2.05, 4.69) is 344 Å². The number of furan rings is 4. The van der Waals surface area contributed by atoms with Crippen LogP contribution < -0.4 is 9.80 Å². The Labute approximate surface area is 640 Å². The van der Waals surface area contributed by atoms with Crippen molar-refractivity contribution in [3.8, 4) is 0 Å². The fourth-order valence-corrected chi connectivity index (χ4v) is 15.0. The Balaban J connectivity index is 0.000000182. The maximum Gasteiger partial charge on any atom is 0.160 e. The predicted molar refractivity (Wildman–Crippen MR) is 459 cm³/mol. The molecule has 4 heterocycles. The topological polar surface area (TPSA) is 59.0 Å². The van der Waals surface area contributed by atoms with Crippen LogP contribution in [-0.2, 0) is 38.9 Å². The van der Waals surface area contributed by atoms with Crippen molar-refractivity contribution >= 4 is 149 Å². The first kappa shape index (κ1) is 74.5. The van der Waals surface area contributed by atoms with E-state index in [4.69, 9.17) is 29.3 Å². The van der Waals surface area contributed by atoms with Crippen molar-refractivity contribution in [2.45, 2.75) is 171 Å². The van der Waals surface area contributed by atoms with Crippen LogP contribution in [0.4, 0.5) is 34.1 Å². The standard InChI is InChI=1S/C58H60N2O2.C21H28.C18H8BrClO2.CH4/c1-55(2,3)37-17-25-41(26-18-37)59(42-27-19-38(20-28-42)56(4,5)6)45-33-34-47-50(35-45)61-51-36-48(54-53(52(47)51)46-15-13-14-16-49(46)62-54)60(43-29-21-39(22-30-43)57(7,8)9)44-31-23-40(24-32-44)58(10,11)12;1-20(2,3)18-11-7-16(8-12-18)15-17-9-13-19(14-10-17)21(4,5)6;19-12-8-15-16(11-6-5-9(20)7-14(11)21-15)17-10-3-1-2-4-13(10)22-18(12)17;/h13-36H,1-12H3;7-14H,15H2,1-6H3;1-8H;1H4. The normalized spacial score (nSPS) is 12.5. The summed E-state index contributed by atoms with van der Waals surface area (Å²) in [5.41, 5.74) is 24.2. The molecule has 0 saturated heterocycles. The van der Waals surface area contributed by atoms with Crippen LogP contribution in [0.5, 0.6) is 0 Å². The minimum Gasteiger partial charge on any atom is -0.456 e. The lowest BCUT2D eigenvalue weighted by molar-refractivity contribution is 0.589. The summed E-state index contributed by atoms with van der Waals surface area (Å²) in [7, 11) is 0. The van der Waals surface area contributed by atoms with Crippen LogP contribution in [0.1, 0.15) is 177 Å². The molecule has 0 N–H and O–H groups in total. The summed E-state index contributed by atoms with van der Waals surface area (Å²) in [6.07, 6.45) is 1.01. The van der Waals surface area contributed by atoms with Crippen molar-refractivity contribution in [3.63, 3.8) is 0 Å². The first-order valence-electron chi connectivity index (χ1n) is 36.8. The Bertz CT molecular complexity index is 5680. The Hall–Kier alpha value is -9.79. The highest BCUT2D eigenvalue weighted by Gasteiger charge is 2.29. The van der Waals surface area contributed by atoms with Crippen molar-refractivity contribution in [2.24, 2.45) is 0 Å². The summed E-state index contributed by atoms with van der Waals surface area (Å²) in [6.45, 7) is 40.7.